The Balaban J connectivity index is 0. The molecule has 0 radical (unpaired) electrons. The number of unbranched alkanes of at least 4 members (excludes halogenated alkanes) is 30. The molecule has 0 N–H and O–H groups in total. The van der Waals surface area contributed by atoms with Gasteiger partial charge in [0.25, 0.3) is 0 Å². The molecule has 0 aromatic heterocycles. The first-order valence-corrected chi connectivity index (χ1v) is 19.0. The fourth-order valence-corrected chi connectivity index (χ4v) is 5.85. The Bertz CT molecular complexity index is 465. The third-order valence-corrected chi connectivity index (χ3v) is 8.61. The lowest BCUT2D eigenvalue weighted by Gasteiger charge is -2.05. The van der Waals surface area contributed by atoms with E-state index in [1.165, 1.54) is 205 Å². The molecular formula is C39H80BrN. The molecule has 0 bridgehead atoms. The van der Waals surface area contributed by atoms with Crippen LogP contribution in [0.5, 0.6) is 0 Å². The summed E-state index contributed by atoms with van der Waals surface area (Å²) in [7, 11) is 6.00. The second kappa shape index (κ2) is 38.2. The number of rotatable bonds is 32. The predicted octanol–water partition coefficient (Wildman–Crippen LogP) is 14.4. The van der Waals surface area contributed by atoms with Crippen molar-refractivity contribution in [2.75, 3.05) is 21.1 Å². The SMILES string of the molecule is Br.CCCCCCCCCCCCCCCCCCCCCCCCCCCCCCCCCC1C=C1.CN(C)C. The number of allylic oxidation sites excluding steroid dienone is 2. The van der Waals surface area contributed by atoms with Crippen LogP contribution in [0, 0.1) is 5.92 Å². The van der Waals surface area contributed by atoms with E-state index in [4.69, 9.17) is 0 Å². The Morgan fingerprint density at radius 1 is 0.341 bits per heavy atom. The van der Waals surface area contributed by atoms with Crippen molar-refractivity contribution in [1.82, 2.24) is 4.90 Å². The summed E-state index contributed by atoms with van der Waals surface area (Å²) in [4.78, 5) is 2.00. The molecule has 0 saturated heterocycles. The van der Waals surface area contributed by atoms with Crippen LogP contribution in [-0.4, -0.2) is 26.0 Å². The highest BCUT2D eigenvalue weighted by atomic mass is 79.9. The van der Waals surface area contributed by atoms with Gasteiger partial charge in [-0.1, -0.05) is 218 Å². The van der Waals surface area contributed by atoms with Crippen molar-refractivity contribution in [3.8, 4) is 0 Å². The highest BCUT2D eigenvalue weighted by Gasteiger charge is 2.08. The van der Waals surface area contributed by atoms with E-state index >= 15 is 0 Å². The van der Waals surface area contributed by atoms with Crippen LogP contribution in [0.1, 0.15) is 212 Å². The van der Waals surface area contributed by atoms with E-state index in [-0.39, 0.29) is 17.0 Å². The van der Waals surface area contributed by atoms with E-state index in [9.17, 15) is 0 Å². The van der Waals surface area contributed by atoms with Gasteiger partial charge in [0.2, 0.25) is 0 Å². The minimum atomic E-state index is 0. The van der Waals surface area contributed by atoms with Crippen molar-refractivity contribution in [1.29, 1.82) is 0 Å². The van der Waals surface area contributed by atoms with Crippen molar-refractivity contribution in [2.45, 2.75) is 212 Å². The summed E-state index contributed by atoms with van der Waals surface area (Å²) in [5, 5.41) is 0. The Kier molecular flexibility index (Phi) is 40.4. The first-order valence-electron chi connectivity index (χ1n) is 19.0. The van der Waals surface area contributed by atoms with Crippen LogP contribution < -0.4 is 0 Å². The molecule has 0 saturated carbocycles. The fourth-order valence-electron chi connectivity index (χ4n) is 5.85. The molecule has 0 fully saturated rings. The normalized spacial score (nSPS) is 12.4. The van der Waals surface area contributed by atoms with E-state index in [0.717, 1.165) is 5.92 Å². The number of halogens is 1. The zero-order chi connectivity index (χ0) is 29.2. The quantitative estimate of drug-likeness (QED) is 0.0521. The molecule has 0 spiro atoms. The van der Waals surface area contributed by atoms with Crippen LogP contribution in [-0.2, 0) is 0 Å². The average Bonchev–Trinajstić information content (AvgIpc) is 3.76. The maximum Gasteiger partial charge on any atom is -0.00531 e. The van der Waals surface area contributed by atoms with E-state index in [0.29, 0.717) is 0 Å². The zero-order valence-corrected chi connectivity index (χ0v) is 30.9. The van der Waals surface area contributed by atoms with Gasteiger partial charge in [0.1, 0.15) is 0 Å². The minimum absolute atomic E-state index is 0. The van der Waals surface area contributed by atoms with Gasteiger partial charge in [0, 0.05) is 0 Å². The van der Waals surface area contributed by atoms with E-state index < -0.39 is 0 Å². The molecule has 2 heteroatoms. The van der Waals surface area contributed by atoms with Gasteiger partial charge in [-0.05, 0) is 33.5 Å². The highest BCUT2D eigenvalue weighted by Crippen LogP contribution is 2.23. The third-order valence-electron chi connectivity index (χ3n) is 8.61. The molecule has 41 heavy (non-hydrogen) atoms. The smallest absolute Gasteiger partial charge is 0.00531 e. The third kappa shape index (κ3) is 44.7. The van der Waals surface area contributed by atoms with Gasteiger partial charge in [-0.15, -0.1) is 17.0 Å². The van der Waals surface area contributed by atoms with Crippen LogP contribution in [0.3, 0.4) is 0 Å². The largest absolute Gasteiger partial charge is 0.312 e. The molecule has 1 aliphatic carbocycles. The molecule has 1 nitrogen and oxygen atoms in total. The zero-order valence-electron chi connectivity index (χ0n) is 29.2. The summed E-state index contributed by atoms with van der Waals surface area (Å²) in [6.45, 7) is 2.31. The summed E-state index contributed by atoms with van der Waals surface area (Å²) in [5.74, 6) is 0.897. The van der Waals surface area contributed by atoms with Crippen LogP contribution in [0.15, 0.2) is 12.2 Å². The molecule has 0 amide bonds. The topological polar surface area (TPSA) is 3.24 Å². The van der Waals surface area contributed by atoms with Crippen LogP contribution in [0.4, 0.5) is 0 Å². The maximum absolute atomic E-state index is 2.35. The lowest BCUT2D eigenvalue weighted by Crippen LogP contribution is -1.99. The van der Waals surface area contributed by atoms with E-state index in [1.54, 1.807) is 0 Å². The summed E-state index contributed by atoms with van der Waals surface area (Å²) < 4.78 is 0. The molecule has 0 aromatic carbocycles. The standard InChI is InChI=1S/C36H70.C3H9N.BrH/c1-2-3-4-5-6-7-8-9-10-11-12-13-14-15-16-17-18-19-20-21-22-23-24-25-26-27-28-29-30-31-32-33-36-34-35-36;1-4(2)3;/h34-36H,2-33H2,1H3;1-3H3;1H. The average molecular weight is 643 g/mol. The molecule has 248 valence electrons. The number of hydrogen-bond acceptors (Lipinski definition) is 1. The van der Waals surface area contributed by atoms with Gasteiger partial charge in [0.15, 0.2) is 0 Å². The van der Waals surface area contributed by atoms with Gasteiger partial charge in [-0.25, -0.2) is 0 Å². The lowest BCUT2D eigenvalue weighted by molar-refractivity contribution is 0.505. The molecule has 0 aromatic rings. The van der Waals surface area contributed by atoms with Gasteiger partial charge in [-0.2, -0.15) is 0 Å². The summed E-state index contributed by atoms with van der Waals surface area (Å²) in [6.07, 6.45) is 52.1. The second-order valence-corrected chi connectivity index (χ2v) is 13.8. The van der Waals surface area contributed by atoms with E-state index in [2.05, 4.69) is 19.1 Å². The molecule has 0 heterocycles. The van der Waals surface area contributed by atoms with Gasteiger partial charge in [-0.3, -0.25) is 0 Å². The predicted molar refractivity (Wildman–Crippen MR) is 196 cm³/mol. The van der Waals surface area contributed by atoms with Crippen molar-refractivity contribution in [3.05, 3.63) is 12.2 Å². The van der Waals surface area contributed by atoms with Crippen LogP contribution in [0.2, 0.25) is 0 Å². The summed E-state index contributed by atoms with van der Waals surface area (Å²) in [6, 6.07) is 0. The Morgan fingerprint density at radius 2 is 0.512 bits per heavy atom. The molecule has 0 atom stereocenters. The number of hydrogen-bond donors (Lipinski definition) is 0. The Labute approximate surface area is 272 Å². The molecular weight excluding hydrogens is 562 g/mol. The molecule has 1 aliphatic rings. The Hall–Kier alpha value is 0.180. The van der Waals surface area contributed by atoms with Crippen molar-refractivity contribution in [2.24, 2.45) is 5.92 Å². The monoisotopic (exact) mass is 642 g/mol. The highest BCUT2D eigenvalue weighted by molar-refractivity contribution is 8.93. The first kappa shape index (κ1) is 43.3. The summed E-state index contributed by atoms with van der Waals surface area (Å²) in [5.41, 5.74) is 0. The first-order chi connectivity index (χ1) is 19.7. The van der Waals surface area contributed by atoms with E-state index in [1.807, 2.05) is 26.0 Å². The van der Waals surface area contributed by atoms with Gasteiger partial charge in [0.05, 0.1) is 0 Å². The van der Waals surface area contributed by atoms with Crippen LogP contribution >= 0.6 is 17.0 Å². The lowest BCUT2D eigenvalue weighted by atomic mass is 10.0. The van der Waals surface area contributed by atoms with Crippen molar-refractivity contribution in [3.63, 3.8) is 0 Å². The fraction of sp³-hybridized carbons (Fsp3) is 0.949. The maximum atomic E-state index is 2.35. The van der Waals surface area contributed by atoms with Crippen molar-refractivity contribution >= 4 is 17.0 Å². The summed E-state index contributed by atoms with van der Waals surface area (Å²) >= 11 is 0. The molecule has 0 unspecified atom stereocenters. The van der Waals surface area contributed by atoms with Crippen LogP contribution in [0.25, 0.3) is 0 Å². The minimum Gasteiger partial charge on any atom is -0.312 e. The Morgan fingerprint density at radius 3 is 0.683 bits per heavy atom. The van der Waals surface area contributed by atoms with Gasteiger partial charge < -0.3 is 4.90 Å². The molecule has 0 aliphatic heterocycles. The second-order valence-electron chi connectivity index (χ2n) is 13.8. The number of nitrogens with zero attached hydrogens (tertiary/aromatic N) is 1. The van der Waals surface area contributed by atoms with Crippen molar-refractivity contribution < 1.29 is 0 Å². The van der Waals surface area contributed by atoms with Gasteiger partial charge >= 0.3 is 0 Å². The molecule has 1 rings (SSSR count).